The van der Waals surface area contributed by atoms with Gasteiger partial charge in [-0.05, 0) is 31.2 Å². The van der Waals surface area contributed by atoms with Crippen LogP contribution in [0.15, 0.2) is 71.3 Å². The van der Waals surface area contributed by atoms with Crippen LogP contribution in [0.4, 0.5) is 14.5 Å². The standard InChI is InChI=1S/C23H17F2N3O3/c1-14-6-8-15(9-7-14)22-27-21(31-28-22)13-30-20-5-3-2-4-17(20)23(29)26-19-11-10-16(24)12-18(19)25/h2-12H,13H2,1H3,(H,26,29). The first-order chi connectivity index (χ1) is 15.0. The number of anilines is 1. The van der Waals surface area contributed by atoms with E-state index >= 15 is 0 Å². The number of rotatable bonds is 6. The van der Waals surface area contributed by atoms with Gasteiger partial charge in [-0.25, -0.2) is 8.78 Å². The number of benzene rings is 3. The van der Waals surface area contributed by atoms with Crippen molar-refractivity contribution in [3.8, 4) is 17.1 Å². The summed E-state index contributed by atoms with van der Waals surface area (Å²) in [7, 11) is 0. The van der Waals surface area contributed by atoms with Crippen molar-refractivity contribution in [1.29, 1.82) is 0 Å². The minimum atomic E-state index is -0.874. The monoisotopic (exact) mass is 421 g/mol. The second kappa shape index (κ2) is 8.74. The van der Waals surface area contributed by atoms with Crippen LogP contribution in [0.1, 0.15) is 21.8 Å². The first kappa shape index (κ1) is 20.2. The van der Waals surface area contributed by atoms with Crippen LogP contribution < -0.4 is 10.1 Å². The second-order valence-electron chi connectivity index (χ2n) is 6.74. The smallest absolute Gasteiger partial charge is 0.264 e. The normalized spacial score (nSPS) is 10.7. The molecule has 0 fully saturated rings. The van der Waals surface area contributed by atoms with E-state index < -0.39 is 17.5 Å². The molecule has 4 rings (SSSR count). The summed E-state index contributed by atoms with van der Waals surface area (Å²) < 4.78 is 37.8. The molecule has 8 heteroatoms. The molecule has 0 unspecified atom stereocenters. The molecular weight excluding hydrogens is 404 g/mol. The third kappa shape index (κ3) is 4.75. The van der Waals surface area contributed by atoms with E-state index in [4.69, 9.17) is 9.26 Å². The van der Waals surface area contributed by atoms with Crippen LogP contribution >= 0.6 is 0 Å². The molecule has 6 nitrogen and oxygen atoms in total. The van der Waals surface area contributed by atoms with E-state index in [1.165, 1.54) is 6.07 Å². The van der Waals surface area contributed by atoms with E-state index in [1.807, 2.05) is 31.2 Å². The number of aryl methyl sites for hydroxylation is 1. The van der Waals surface area contributed by atoms with Crippen molar-refractivity contribution in [2.24, 2.45) is 0 Å². The van der Waals surface area contributed by atoms with E-state index in [2.05, 4.69) is 15.5 Å². The predicted molar refractivity (Wildman–Crippen MR) is 110 cm³/mol. The van der Waals surface area contributed by atoms with E-state index in [0.29, 0.717) is 11.9 Å². The first-order valence-electron chi connectivity index (χ1n) is 9.37. The lowest BCUT2D eigenvalue weighted by atomic mass is 10.1. The summed E-state index contributed by atoms with van der Waals surface area (Å²) in [6.45, 7) is 1.92. The lowest BCUT2D eigenvalue weighted by molar-refractivity contribution is 0.102. The fraction of sp³-hybridized carbons (Fsp3) is 0.0870. The Balaban J connectivity index is 1.46. The summed E-state index contributed by atoms with van der Waals surface area (Å²) in [6.07, 6.45) is 0. The SMILES string of the molecule is Cc1ccc(-c2noc(COc3ccccc3C(=O)Nc3ccc(F)cc3F)n2)cc1. The van der Waals surface area contributed by atoms with Gasteiger partial charge in [-0.15, -0.1) is 0 Å². The Morgan fingerprint density at radius 3 is 2.61 bits per heavy atom. The summed E-state index contributed by atoms with van der Waals surface area (Å²) >= 11 is 0. The van der Waals surface area contributed by atoms with Gasteiger partial charge in [-0.3, -0.25) is 4.79 Å². The Bertz CT molecular complexity index is 1220. The van der Waals surface area contributed by atoms with E-state index in [9.17, 15) is 13.6 Å². The van der Waals surface area contributed by atoms with Gasteiger partial charge in [0.2, 0.25) is 5.82 Å². The molecule has 0 atom stereocenters. The number of para-hydroxylation sites is 1. The molecule has 1 heterocycles. The van der Waals surface area contributed by atoms with E-state index in [1.54, 1.807) is 18.2 Å². The van der Waals surface area contributed by atoms with Gasteiger partial charge in [0.15, 0.2) is 6.61 Å². The molecule has 1 aromatic heterocycles. The van der Waals surface area contributed by atoms with Crippen LogP contribution in [-0.4, -0.2) is 16.0 Å². The van der Waals surface area contributed by atoms with Crippen molar-refractivity contribution in [1.82, 2.24) is 10.1 Å². The Morgan fingerprint density at radius 2 is 1.84 bits per heavy atom. The minimum Gasteiger partial charge on any atom is -0.483 e. The average molecular weight is 421 g/mol. The number of amides is 1. The molecule has 31 heavy (non-hydrogen) atoms. The highest BCUT2D eigenvalue weighted by molar-refractivity contribution is 6.06. The lowest BCUT2D eigenvalue weighted by Gasteiger charge is -2.11. The van der Waals surface area contributed by atoms with Crippen molar-refractivity contribution >= 4 is 11.6 Å². The van der Waals surface area contributed by atoms with Gasteiger partial charge in [0.25, 0.3) is 11.8 Å². The summed E-state index contributed by atoms with van der Waals surface area (Å²) in [4.78, 5) is 16.9. The number of halogens is 2. The molecule has 4 aromatic rings. The Morgan fingerprint density at radius 1 is 1.06 bits per heavy atom. The molecule has 0 bridgehead atoms. The first-order valence-corrected chi connectivity index (χ1v) is 9.37. The molecule has 0 radical (unpaired) electrons. The third-order valence-corrected chi connectivity index (χ3v) is 4.44. The summed E-state index contributed by atoms with van der Waals surface area (Å²) in [5.74, 6) is -1.30. The molecule has 0 aliphatic carbocycles. The van der Waals surface area contributed by atoms with Crippen molar-refractivity contribution in [3.63, 3.8) is 0 Å². The lowest BCUT2D eigenvalue weighted by Crippen LogP contribution is -2.14. The molecule has 1 N–H and O–H groups in total. The highest BCUT2D eigenvalue weighted by Crippen LogP contribution is 2.23. The maximum absolute atomic E-state index is 13.8. The molecule has 156 valence electrons. The Kier molecular flexibility index (Phi) is 5.70. The molecule has 0 saturated carbocycles. The van der Waals surface area contributed by atoms with Crippen LogP contribution in [0.2, 0.25) is 0 Å². The highest BCUT2D eigenvalue weighted by Gasteiger charge is 2.16. The second-order valence-corrected chi connectivity index (χ2v) is 6.74. The summed E-state index contributed by atoms with van der Waals surface area (Å²) in [5.41, 5.74) is 1.96. The summed E-state index contributed by atoms with van der Waals surface area (Å²) in [6, 6.07) is 17.0. The third-order valence-electron chi connectivity index (χ3n) is 4.44. The number of hydrogen-bond acceptors (Lipinski definition) is 5. The van der Waals surface area contributed by atoms with Crippen LogP contribution in [0, 0.1) is 18.6 Å². The van der Waals surface area contributed by atoms with Crippen LogP contribution in [0.3, 0.4) is 0 Å². The van der Waals surface area contributed by atoms with Crippen molar-refractivity contribution < 1.29 is 22.8 Å². The van der Waals surface area contributed by atoms with Crippen LogP contribution in [0.25, 0.3) is 11.4 Å². The largest absolute Gasteiger partial charge is 0.483 e. The van der Waals surface area contributed by atoms with Gasteiger partial charge >= 0.3 is 0 Å². The fourth-order valence-corrected chi connectivity index (χ4v) is 2.83. The summed E-state index contributed by atoms with van der Waals surface area (Å²) in [5, 5.41) is 6.35. The van der Waals surface area contributed by atoms with Crippen LogP contribution in [-0.2, 0) is 6.61 Å². The maximum atomic E-state index is 13.8. The maximum Gasteiger partial charge on any atom is 0.264 e. The molecule has 1 amide bonds. The van der Waals surface area contributed by atoms with Crippen molar-refractivity contribution in [3.05, 3.63) is 95.4 Å². The number of hydrogen-bond donors (Lipinski definition) is 1. The van der Waals surface area contributed by atoms with Crippen LogP contribution in [0.5, 0.6) is 5.75 Å². The van der Waals surface area contributed by atoms with E-state index in [-0.39, 0.29) is 29.5 Å². The number of aromatic nitrogens is 2. The average Bonchev–Trinajstić information content (AvgIpc) is 3.24. The van der Waals surface area contributed by atoms with Crippen molar-refractivity contribution in [2.45, 2.75) is 13.5 Å². The zero-order valence-electron chi connectivity index (χ0n) is 16.4. The number of ether oxygens (including phenoxy) is 1. The van der Waals surface area contributed by atoms with E-state index in [0.717, 1.165) is 23.3 Å². The predicted octanol–water partition coefficient (Wildman–Crippen LogP) is 5.15. The van der Waals surface area contributed by atoms with Gasteiger partial charge in [-0.1, -0.05) is 47.1 Å². The molecule has 0 aliphatic heterocycles. The zero-order chi connectivity index (χ0) is 21.8. The van der Waals surface area contributed by atoms with Gasteiger partial charge < -0.3 is 14.6 Å². The zero-order valence-corrected chi connectivity index (χ0v) is 16.4. The highest BCUT2D eigenvalue weighted by atomic mass is 19.1. The number of carbonyl (C=O) groups excluding carboxylic acids is 1. The quantitative estimate of drug-likeness (QED) is 0.466. The van der Waals surface area contributed by atoms with Crippen molar-refractivity contribution in [2.75, 3.05) is 5.32 Å². The van der Waals surface area contributed by atoms with Gasteiger partial charge in [0.05, 0.1) is 11.3 Å². The number of carbonyl (C=O) groups is 1. The molecule has 3 aromatic carbocycles. The minimum absolute atomic E-state index is 0.0614. The van der Waals surface area contributed by atoms with Gasteiger partial charge in [0.1, 0.15) is 17.4 Å². The Labute approximate surface area is 176 Å². The topological polar surface area (TPSA) is 77.2 Å². The Hall–Kier alpha value is -4.07. The van der Waals surface area contributed by atoms with Gasteiger partial charge in [-0.2, -0.15) is 4.98 Å². The molecule has 0 spiro atoms. The molecular formula is C23H17F2N3O3. The number of nitrogens with one attached hydrogen (secondary N) is 1. The fourth-order valence-electron chi connectivity index (χ4n) is 2.83. The number of nitrogens with zero attached hydrogens (tertiary/aromatic N) is 2. The van der Waals surface area contributed by atoms with Gasteiger partial charge in [0, 0.05) is 11.6 Å². The molecule has 0 saturated heterocycles. The molecule has 0 aliphatic rings.